The highest BCUT2D eigenvalue weighted by atomic mass is 35.5. The summed E-state index contributed by atoms with van der Waals surface area (Å²) in [5.74, 6) is -2.19. The summed E-state index contributed by atoms with van der Waals surface area (Å²) < 4.78 is 26.0. The summed E-state index contributed by atoms with van der Waals surface area (Å²) in [5, 5.41) is 0.143. The zero-order valence-electron chi connectivity index (χ0n) is 9.08. The van der Waals surface area contributed by atoms with E-state index in [9.17, 15) is 13.6 Å². The van der Waals surface area contributed by atoms with Crippen LogP contribution in [0.15, 0.2) is 36.4 Å². The lowest BCUT2D eigenvalue weighted by Gasteiger charge is -2.05. The zero-order valence-corrected chi connectivity index (χ0v) is 9.84. The Morgan fingerprint density at radius 3 is 2.22 bits per heavy atom. The van der Waals surface area contributed by atoms with Gasteiger partial charge < -0.3 is 5.73 Å². The average Bonchev–Trinajstić information content (AvgIpc) is 2.26. The molecule has 18 heavy (non-hydrogen) atoms. The fraction of sp³-hybridized carbons (Fsp3) is 0. The first-order chi connectivity index (χ1) is 8.47. The van der Waals surface area contributed by atoms with Gasteiger partial charge in [0, 0.05) is 22.9 Å². The van der Waals surface area contributed by atoms with Gasteiger partial charge >= 0.3 is 0 Å². The van der Waals surface area contributed by atoms with E-state index in [1.54, 1.807) is 0 Å². The molecule has 0 aromatic heterocycles. The lowest BCUT2D eigenvalue weighted by Crippen LogP contribution is -2.04. The topological polar surface area (TPSA) is 43.1 Å². The number of hydrogen-bond acceptors (Lipinski definition) is 2. The van der Waals surface area contributed by atoms with Gasteiger partial charge in [0.2, 0.25) is 0 Å². The molecule has 0 amide bonds. The molecule has 0 aliphatic heterocycles. The number of rotatable bonds is 2. The highest BCUT2D eigenvalue weighted by Crippen LogP contribution is 2.22. The van der Waals surface area contributed by atoms with Crippen LogP contribution in [0.2, 0.25) is 5.02 Å². The number of carbonyl (C=O) groups excluding carboxylic acids is 1. The van der Waals surface area contributed by atoms with Crippen LogP contribution in [0, 0.1) is 11.6 Å². The van der Waals surface area contributed by atoms with E-state index in [-0.39, 0.29) is 16.1 Å². The minimum absolute atomic E-state index is 0.0980. The number of benzene rings is 2. The van der Waals surface area contributed by atoms with Crippen molar-refractivity contribution >= 4 is 23.1 Å². The van der Waals surface area contributed by atoms with Gasteiger partial charge in [0.1, 0.15) is 11.6 Å². The molecule has 0 atom stereocenters. The van der Waals surface area contributed by atoms with Crippen molar-refractivity contribution in [3.63, 3.8) is 0 Å². The van der Waals surface area contributed by atoms with Crippen LogP contribution in [0.4, 0.5) is 14.5 Å². The van der Waals surface area contributed by atoms with Gasteiger partial charge in [-0.25, -0.2) is 8.78 Å². The highest BCUT2D eigenvalue weighted by molar-refractivity contribution is 6.35. The Labute approximate surface area is 107 Å². The molecular weight excluding hydrogens is 260 g/mol. The number of hydrogen-bond donors (Lipinski definition) is 1. The third-order valence-electron chi connectivity index (χ3n) is 2.36. The van der Waals surface area contributed by atoms with Crippen molar-refractivity contribution in [2.75, 3.05) is 5.73 Å². The summed E-state index contributed by atoms with van der Waals surface area (Å²) >= 11 is 5.87. The second-order valence-electron chi connectivity index (χ2n) is 3.73. The molecule has 2 aromatic rings. The first-order valence-electron chi connectivity index (χ1n) is 5.03. The molecule has 2 aromatic carbocycles. The molecule has 2 N–H and O–H groups in total. The average molecular weight is 268 g/mol. The number of halogens is 3. The minimum Gasteiger partial charge on any atom is -0.399 e. The second kappa shape index (κ2) is 4.74. The van der Waals surface area contributed by atoms with E-state index in [0.29, 0.717) is 11.8 Å². The molecule has 0 unspecified atom stereocenters. The van der Waals surface area contributed by atoms with E-state index < -0.39 is 17.4 Å². The molecule has 2 rings (SSSR count). The number of carbonyl (C=O) groups is 1. The predicted octanol–water partition coefficient (Wildman–Crippen LogP) is 3.43. The monoisotopic (exact) mass is 267 g/mol. The van der Waals surface area contributed by atoms with E-state index >= 15 is 0 Å². The Kier molecular flexibility index (Phi) is 3.30. The van der Waals surface area contributed by atoms with Crippen LogP contribution in [0.25, 0.3) is 0 Å². The van der Waals surface area contributed by atoms with E-state index in [0.717, 1.165) is 12.1 Å². The zero-order chi connectivity index (χ0) is 13.3. The van der Waals surface area contributed by atoms with Crippen LogP contribution in [-0.4, -0.2) is 5.78 Å². The van der Waals surface area contributed by atoms with Crippen LogP contribution < -0.4 is 5.73 Å². The van der Waals surface area contributed by atoms with Crippen LogP contribution in [0.5, 0.6) is 0 Å². The highest BCUT2D eigenvalue weighted by Gasteiger charge is 2.14. The Balaban J connectivity index is 2.47. The van der Waals surface area contributed by atoms with Crippen molar-refractivity contribution in [1.82, 2.24) is 0 Å². The molecule has 2 nitrogen and oxygen atoms in total. The Morgan fingerprint density at radius 2 is 1.67 bits per heavy atom. The van der Waals surface area contributed by atoms with E-state index in [2.05, 4.69) is 0 Å². The van der Waals surface area contributed by atoms with Gasteiger partial charge in [-0.15, -0.1) is 0 Å². The molecule has 0 bridgehead atoms. The number of nitrogens with two attached hydrogens (primary N) is 1. The lowest BCUT2D eigenvalue weighted by atomic mass is 10.0. The summed E-state index contributed by atoms with van der Waals surface area (Å²) in [7, 11) is 0. The van der Waals surface area contributed by atoms with Crippen molar-refractivity contribution in [3.8, 4) is 0 Å². The number of anilines is 1. The summed E-state index contributed by atoms with van der Waals surface area (Å²) in [4.78, 5) is 12.0. The summed E-state index contributed by atoms with van der Waals surface area (Å²) in [6, 6.07) is 6.93. The Bertz CT molecular complexity index is 608. The predicted molar refractivity (Wildman–Crippen MR) is 65.7 cm³/mol. The van der Waals surface area contributed by atoms with Gasteiger partial charge in [-0.2, -0.15) is 0 Å². The Morgan fingerprint density at radius 1 is 1.06 bits per heavy atom. The van der Waals surface area contributed by atoms with Crippen molar-refractivity contribution in [2.24, 2.45) is 0 Å². The Hall–Kier alpha value is -1.94. The molecule has 0 spiro atoms. The van der Waals surface area contributed by atoms with Crippen LogP contribution in [0.3, 0.4) is 0 Å². The van der Waals surface area contributed by atoms with Crippen LogP contribution >= 0.6 is 11.6 Å². The maximum absolute atomic E-state index is 13.0. The number of nitrogen functional groups attached to an aromatic ring is 1. The second-order valence-corrected chi connectivity index (χ2v) is 4.13. The molecule has 0 saturated carbocycles. The van der Waals surface area contributed by atoms with E-state index in [1.807, 2.05) is 0 Å². The van der Waals surface area contributed by atoms with Gasteiger partial charge in [0.25, 0.3) is 0 Å². The summed E-state index contributed by atoms with van der Waals surface area (Å²) in [5.41, 5.74) is 5.95. The molecule has 92 valence electrons. The molecule has 0 saturated heterocycles. The summed E-state index contributed by atoms with van der Waals surface area (Å²) in [6.07, 6.45) is 0. The quantitative estimate of drug-likeness (QED) is 0.669. The molecular formula is C13H8ClF2NO. The smallest absolute Gasteiger partial charge is 0.194 e. The molecule has 0 fully saturated rings. The van der Waals surface area contributed by atoms with Crippen molar-refractivity contribution in [2.45, 2.75) is 0 Å². The van der Waals surface area contributed by atoms with Gasteiger partial charge in [-0.05, 0) is 30.3 Å². The van der Waals surface area contributed by atoms with Crippen LogP contribution in [0.1, 0.15) is 15.9 Å². The summed E-state index contributed by atoms with van der Waals surface area (Å²) in [6.45, 7) is 0. The maximum Gasteiger partial charge on any atom is 0.194 e. The normalized spacial score (nSPS) is 10.4. The fourth-order valence-corrected chi connectivity index (χ4v) is 1.83. The fourth-order valence-electron chi connectivity index (χ4n) is 1.56. The standard InChI is InChI=1S/C13H8ClF2NO/c14-12-6-10(17)1-2-11(12)13(18)7-3-8(15)5-9(16)4-7/h1-6H,17H2. The van der Waals surface area contributed by atoms with E-state index in [1.165, 1.54) is 18.2 Å². The molecule has 0 heterocycles. The third kappa shape index (κ3) is 2.49. The van der Waals surface area contributed by atoms with E-state index in [4.69, 9.17) is 17.3 Å². The van der Waals surface area contributed by atoms with Gasteiger partial charge in [0.15, 0.2) is 5.78 Å². The SMILES string of the molecule is Nc1ccc(C(=O)c2cc(F)cc(F)c2)c(Cl)c1. The molecule has 0 radical (unpaired) electrons. The number of ketones is 1. The van der Waals surface area contributed by atoms with Gasteiger partial charge in [0.05, 0.1) is 5.02 Å². The molecule has 0 aliphatic rings. The van der Waals surface area contributed by atoms with Gasteiger partial charge in [-0.1, -0.05) is 11.6 Å². The largest absolute Gasteiger partial charge is 0.399 e. The first kappa shape index (κ1) is 12.5. The van der Waals surface area contributed by atoms with Crippen molar-refractivity contribution in [3.05, 3.63) is 64.2 Å². The van der Waals surface area contributed by atoms with Gasteiger partial charge in [-0.3, -0.25) is 4.79 Å². The third-order valence-corrected chi connectivity index (χ3v) is 2.68. The molecule has 0 aliphatic carbocycles. The molecule has 5 heteroatoms. The van der Waals surface area contributed by atoms with Crippen molar-refractivity contribution < 1.29 is 13.6 Å². The minimum atomic E-state index is -0.815. The first-order valence-corrected chi connectivity index (χ1v) is 5.41. The maximum atomic E-state index is 13.0. The lowest BCUT2D eigenvalue weighted by molar-refractivity contribution is 0.103. The van der Waals surface area contributed by atoms with Crippen LogP contribution in [-0.2, 0) is 0 Å². The van der Waals surface area contributed by atoms with Crippen molar-refractivity contribution in [1.29, 1.82) is 0 Å².